The number of anilines is 1. The van der Waals surface area contributed by atoms with Gasteiger partial charge in [0.25, 0.3) is 0 Å². The molecule has 2 N–H and O–H groups in total. The number of nitrogens with zero attached hydrogens (tertiary/aromatic N) is 2. The van der Waals surface area contributed by atoms with E-state index in [2.05, 4.69) is 15.6 Å². The quantitative estimate of drug-likeness (QED) is 0.588. The van der Waals surface area contributed by atoms with Crippen molar-refractivity contribution in [2.75, 3.05) is 5.32 Å². The molecule has 0 spiro atoms. The van der Waals surface area contributed by atoms with E-state index in [0.717, 1.165) is 17.7 Å². The SMILES string of the molecule is CC[C@H](C)[C@H](NC(=O)OCc1ccccc1)C(=O)Nc1cccc(-n2ccnc2)c1. The first-order valence-corrected chi connectivity index (χ1v) is 9.93. The van der Waals surface area contributed by atoms with Crippen LogP contribution in [0.5, 0.6) is 0 Å². The Morgan fingerprint density at radius 3 is 2.63 bits per heavy atom. The second-order valence-electron chi connectivity index (χ2n) is 7.08. The van der Waals surface area contributed by atoms with E-state index < -0.39 is 12.1 Å². The summed E-state index contributed by atoms with van der Waals surface area (Å²) < 4.78 is 7.13. The molecular weight excluding hydrogens is 380 g/mol. The molecule has 2 aromatic carbocycles. The van der Waals surface area contributed by atoms with Crippen LogP contribution in [-0.2, 0) is 16.1 Å². The van der Waals surface area contributed by atoms with Crippen LogP contribution in [0.25, 0.3) is 5.69 Å². The Morgan fingerprint density at radius 1 is 1.13 bits per heavy atom. The van der Waals surface area contributed by atoms with Crippen molar-refractivity contribution in [2.24, 2.45) is 5.92 Å². The Morgan fingerprint density at radius 2 is 1.93 bits per heavy atom. The van der Waals surface area contributed by atoms with Crippen LogP contribution in [0.3, 0.4) is 0 Å². The van der Waals surface area contributed by atoms with E-state index in [9.17, 15) is 9.59 Å². The number of hydrogen-bond donors (Lipinski definition) is 2. The Labute approximate surface area is 176 Å². The highest BCUT2D eigenvalue weighted by Crippen LogP contribution is 2.17. The van der Waals surface area contributed by atoms with Crippen LogP contribution in [0.1, 0.15) is 25.8 Å². The number of benzene rings is 2. The van der Waals surface area contributed by atoms with Crippen molar-refractivity contribution in [3.05, 3.63) is 78.9 Å². The number of ether oxygens (including phenoxy) is 1. The van der Waals surface area contributed by atoms with E-state index in [0.29, 0.717) is 5.69 Å². The fourth-order valence-corrected chi connectivity index (χ4v) is 2.97. The summed E-state index contributed by atoms with van der Waals surface area (Å²) in [5.74, 6) is -0.352. The van der Waals surface area contributed by atoms with Crippen LogP contribution >= 0.6 is 0 Å². The van der Waals surface area contributed by atoms with E-state index in [4.69, 9.17) is 4.74 Å². The Balaban J connectivity index is 1.64. The van der Waals surface area contributed by atoms with Crippen LogP contribution < -0.4 is 10.6 Å². The average Bonchev–Trinajstić information content (AvgIpc) is 3.31. The molecule has 3 aromatic rings. The highest BCUT2D eigenvalue weighted by Gasteiger charge is 2.26. The molecule has 0 saturated carbocycles. The maximum atomic E-state index is 12.9. The zero-order valence-corrected chi connectivity index (χ0v) is 17.1. The second-order valence-corrected chi connectivity index (χ2v) is 7.08. The number of carbonyl (C=O) groups excluding carboxylic acids is 2. The van der Waals surface area contributed by atoms with E-state index >= 15 is 0 Å². The molecule has 0 aliphatic rings. The summed E-state index contributed by atoms with van der Waals surface area (Å²) in [7, 11) is 0. The van der Waals surface area contributed by atoms with Crippen molar-refractivity contribution in [1.29, 1.82) is 0 Å². The lowest BCUT2D eigenvalue weighted by molar-refractivity contribution is -0.119. The highest BCUT2D eigenvalue weighted by atomic mass is 16.5. The minimum atomic E-state index is -0.713. The summed E-state index contributed by atoms with van der Waals surface area (Å²) in [6, 6.07) is 16.1. The van der Waals surface area contributed by atoms with E-state index in [1.807, 2.05) is 73.1 Å². The number of aromatic nitrogens is 2. The van der Waals surface area contributed by atoms with Gasteiger partial charge in [-0.2, -0.15) is 0 Å². The van der Waals surface area contributed by atoms with Crippen LogP contribution in [0, 0.1) is 5.92 Å². The van der Waals surface area contributed by atoms with Crippen molar-refractivity contribution in [3.63, 3.8) is 0 Å². The second kappa shape index (κ2) is 10.2. The van der Waals surface area contributed by atoms with Crippen molar-refractivity contribution >= 4 is 17.7 Å². The number of carbonyl (C=O) groups is 2. The van der Waals surface area contributed by atoms with Gasteiger partial charge in [0.1, 0.15) is 12.6 Å². The minimum absolute atomic E-state index is 0.0638. The summed E-state index contributed by atoms with van der Waals surface area (Å²) in [4.78, 5) is 29.2. The lowest BCUT2D eigenvalue weighted by Crippen LogP contribution is -2.47. The Kier molecular flexibility index (Phi) is 7.21. The summed E-state index contributed by atoms with van der Waals surface area (Å²) in [5.41, 5.74) is 2.40. The monoisotopic (exact) mass is 406 g/mol. The van der Waals surface area contributed by atoms with Gasteiger partial charge in [-0.3, -0.25) is 4.79 Å². The maximum absolute atomic E-state index is 12.9. The molecule has 0 saturated heterocycles. The van der Waals surface area contributed by atoms with Gasteiger partial charge < -0.3 is 19.9 Å². The largest absolute Gasteiger partial charge is 0.445 e. The van der Waals surface area contributed by atoms with Gasteiger partial charge in [-0.15, -0.1) is 0 Å². The molecular formula is C23H26N4O3. The molecule has 0 radical (unpaired) electrons. The predicted molar refractivity (Wildman–Crippen MR) is 115 cm³/mol. The van der Waals surface area contributed by atoms with E-state index in [1.165, 1.54) is 0 Å². The lowest BCUT2D eigenvalue weighted by atomic mass is 9.98. The number of hydrogen-bond acceptors (Lipinski definition) is 4. The normalized spacial score (nSPS) is 12.6. The summed E-state index contributed by atoms with van der Waals surface area (Å²) in [6.07, 6.45) is 5.31. The first-order chi connectivity index (χ1) is 14.6. The van der Waals surface area contributed by atoms with Gasteiger partial charge in [-0.05, 0) is 29.7 Å². The number of imidazole rings is 1. The molecule has 0 aliphatic carbocycles. The van der Waals surface area contributed by atoms with Gasteiger partial charge in [0.2, 0.25) is 5.91 Å². The molecule has 0 fully saturated rings. The summed E-state index contributed by atoms with van der Waals surface area (Å²) in [6.45, 7) is 4.04. The predicted octanol–water partition coefficient (Wildman–Crippen LogP) is 4.15. The fourth-order valence-electron chi connectivity index (χ4n) is 2.97. The van der Waals surface area contributed by atoms with Crippen LogP contribution in [-0.4, -0.2) is 27.6 Å². The van der Waals surface area contributed by atoms with Crippen LogP contribution in [0.2, 0.25) is 0 Å². The van der Waals surface area contributed by atoms with Crippen LogP contribution in [0.15, 0.2) is 73.3 Å². The van der Waals surface area contributed by atoms with Crippen molar-refractivity contribution < 1.29 is 14.3 Å². The molecule has 2 atom stereocenters. The summed E-state index contributed by atoms with van der Waals surface area (Å²) in [5, 5.41) is 5.61. The molecule has 7 nitrogen and oxygen atoms in total. The van der Waals surface area contributed by atoms with Crippen LogP contribution in [0.4, 0.5) is 10.5 Å². The molecule has 0 aliphatic heterocycles. The van der Waals surface area contributed by atoms with Crippen molar-refractivity contribution in [2.45, 2.75) is 32.9 Å². The van der Waals surface area contributed by atoms with Gasteiger partial charge in [-0.25, -0.2) is 9.78 Å². The Bertz CT molecular complexity index is 958. The molecule has 30 heavy (non-hydrogen) atoms. The fraction of sp³-hybridized carbons (Fsp3) is 0.261. The third-order valence-electron chi connectivity index (χ3n) is 4.90. The zero-order valence-electron chi connectivity index (χ0n) is 17.1. The summed E-state index contributed by atoms with van der Waals surface area (Å²) >= 11 is 0. The Hall–Kier alpha value is -3.61. The van der Waals surface area contributed by atoms with Gasteiger partial charge in [0, 0.05) is 23.8 Å². The van der Waals surface area contributed by atoms with Crippen molar-refractivity contribution in [1.82, 2.24) is 14.9 Å². The molecule has 0 bridgehead atoms. The number of rotatable bonds is 8. The molecule has 2 amide bonds. The molecule has 1 heterocycles. The van der Waals surface area contributed by atoms with Gasteiger partial charge in [0.15, 0.2) is 0 Å². The molecule has 156 valence electrons. The standard InChI is InChI=1S/C23H26N4O3/c1-3-17(2)21(26-23(29)30-15-18-8-5-4-6-9-18)22(28)25-19-10-7-11-20(14-19)27-13-12-24-16-27/h4-14,16-17,21H,3,15H2,1-2H3,(H,25,28)(H,26,29)/t17-,21-/m0/s1. The van der Waals surface area contributed by atoms with E-state index in [-0.39, 0.29) is 18.4 Å². The third kappa shape index (κ3) is 5.70. The van der Waals surface area contributed by atoms with Gasteiger partial charge >= 0.3 is 6.09 Å². The smallest absolute Gasteiger partial charge is 0.408 e. The van der Waals surface area contributed by atoms with Crippen molar-refractivity contribution in [3.8, 4) is 5.69 Å². The molecule has 1 aromatic heterocycles. The number of alkyl carbamates (subject to hydrolysis) is 1. The third-order valence-corrected chi connectivity index (χ3v) is 4.90. The number of amides is 2. The maximum Gasteiger partial charge on any atom is 0.408 e. The first-order valence-electron chi connectivity index (χ1n) is 9.93. The van der Waals surface area contributed by atoms with Gasteiger partial charge in [-0.1, -0.05) is 56.7 Å². The number of nitrogens with one attached hydrogen (secondary N) is 2. The average molecular weight is 406 g/mol. The lowest BCUT2D eigenvalue weighted by Gasteiger charge is -2.23. The first kappa shape index (κ1) is 21.1. The molecule has 7 heteroatoms. The van der Waals surface area contributed by atoms with Gasteiger partial charge in [0.05, 0.1) is 6.33 Å². The topological polar surface area (TPSA) is 85.2 Å². The van der Waals surface area contributed by atoms with E-state index in [1.54, 1.807) is 18.6 Å². The minimum Gasteiger partial charge on any atom is -0.445 e. The zero-order chi connectivity index (χ0) is 21.3. The molecule has 0 unspecified atom stereocenters. The highest BCUT2D eigenvalue weighted by molar-refractivity contribution is 5.97. The molecule has 3 rings (SSSR count).